The molecule has 1 saturated carbocycles. The van der Waals surface area contributed by atoms with Gasteiger partial charge in [-0.2, -0.15) is 5.10 Å². The summed E-state index contributed by atoms with van der Waals surface area (Å²) in [6, 6.07) is 10.2. The molecule has 0 aliphatic heterocycles. The van der Waals surface area contributed by atoms with Crippen LogP contribution in [0.4, 0.5) is 10.9 Å². The highest BCUT2D eigenvalue weighted by atomic mass is 32.2. The second-order valence-corrected chi connectivity index (χ2v) is 9.35. The first-order valence-corrected chi connectivity index (χ1v) is 11.4. The molecule has 0 radical (unpaired) electrons. The van der Waals surface area contributed by atoms with Crippen LogP contribution in [0.3, 0.4) is 0 Å². The van der Waals surface area contributed by atoms with Crippen LogP contribution in [0.5, 0.6) is 0 Å². The number of nitrogens with one attached hydrogen (secondary N) is 1. The monoisotopic (exact) mass is 442 g/mol. The second kappa shape index (κ2) is 8.97. The van der Waals surface area contributed by atoms with Crippen LogP contribution in [0.25, 0.3) is 0 Å². The van der Waals surface area contributed by atoms with Crippen molar-refractivity contribution in [3.8, 4) is 0 Å². The molecule has 156 valence electrons. The van der Waals surface area contributed by atoms with Crippen molar-refractivity contribution in [1.29, 1.82) is 0 Å². The number of aryl methyl sites for hydroxylation is 1. The van der Waals surface area contributed by atoms with E-state index in [2.05, 4.69) is 26.7 Å². The largest absolute Gasteiger partial charge is 0.310 e. The van der Waals surface area contributed by atoms with E-state index in [0.717, 1.165) is 18.4 Å². The van der Waals surface area contributed by atoms with Crippen LogP contribution in [0, 0.1) is 6.92 Å². The fraction of sp³-hybridized carbons (Fsp3) is 0.350. The summed E-state index contributed by atoms with van der Waals surface area (Å²) in [4.78, 5) is 26.0. The van der Waals surface area contributed by atoms with E-state index >= 15 is 0 Å². The number of aromatic nitrogens is 4. The summed E-state index contributed by atoms with van der Waals surface area (Å²) in [6.45, 7) is 4.17. The molecule has 1 aromatic carbocycles. The third-order valence-corrected chi connectivity index (χ3v) is 6.63. The van der Waals surface area contributed by atoms with Gasteiger partial charge >= 0.3 is 0 Å². The van der Waals surface area contributed by atoms with Crippen LogP contribution >= 0.6 is 23.1 Å². The van der Waals surface area contributed by atoms with Gasteiger partial charge in [-0.1, -0.05) is 52.9 Å². The zero-order valence-corrected chi connectivity index (χ0v) is 18.4. The number of rotatable bonds is 8. The quantitative estimate of drug-likeness (QED) is 0.425. The zero-order chi connectivity index (χ0) is 21.1. The summed E-state index contributed by atoms with van der Waals surface area (Å²) in [5.41, 5.74) is 2.30. The molecule has 1 aliphatic carbocycles. The van der Waals surface area contributed by atoms with E-state index in [0.29, 0.717) is 21.8 Å². The molecule has 0 spiro atoms. The van der Waals surface area contributed by atoms with Gasteiger partial charge in [-0.3, -0.25) is 14.5 Å². The molecule has 0 bridgehead atoms. The maximum absolute atomic E-state index is 12.4. The topological polar surface area (TPSA) is 93.0 Å². The average molecular weight is 443 g/mol. The Morgan fingerprint density at radius 2 is 2.13 bits per heavy atom. The van der Waals surface area contributed by atoms with Crippen molar-refractivity contribution in [2.75, 3.05) is 16.0 Å². The van der Waals surface area contributed by atoms with Crippen molar-refractivity contribution in [1.82, 2.24) is 20.0 Å². The lowest BCUT2D eigenvalue weighted by Crippen LogP contribution is -2.30. The molecule has 0 saturated heterocycles. The van der Waals surface area contributed by atoms with Gasteiger partial charge in [-0.05, 0) is 25.3 Å². The van der Waals surface area contributed by atoms with Gasteiger partial charge in [0.05, 0.1) is 18.5 Å². The number of anilines is 2. The van der Waals surface area contributed by atoms with E-state index in [9.17, 15) is 9.59 Å². The van der Waals surface area contributed by atoms with Crippen LogP contribution in [-0.2, 0) is 16.1 Å². The van der Waals surface area contributed by atoms with E-state index in [4.69, 9.17) is 0 Å². The number of hydrogen-bond acceptors (Lipinski definition) is 7. The Bertz CT molecular complexity index is 1060. The predicted octanol–water partition coefficient (Wildman–Crippen LogP) is 3.34. The van der Waals surface area contributed by atoms with Crippen LogP contribution in [0.1, 0.15) is 30.9 Å². The minimum absolute atomic E-state index is 0.0233. The summed E-state index contributed by atoms with van der Waals surface area (Å²) in [5, 5.41) is 16.1. The van der Waals surface area contributed by atoms with Gasteiger partial charge in [0, 0.05) is 19.0 Å². The Morgan fingerprint density at radius 3 is 2.87 bits per heavy atom. The molecule has 4 rings (SSSR count). The van der Waals surface area contributed by atoms with E-state index in [1.807, 2.05) is 25.1 Å². The van der Waals surface area contributed by atoms with Crippen molar-refractivity contribution in [2.24, 2.45) is 0 Å². The van der Waals surface area contributed by atoms with Crippen LogP contribution in [-0.4, -0.2) is 43.6 Å². The molecular weight excluding hydrogens is 420 g/mol. The lowest BCUT2D eigenvalue weighted by Gasteiger charge is -2.15. The first kappa shape index (κ1) is 20.5. The van der Waals surface area contributed by atoms with Crippen molar-refractivity contribution >= 4 is 45.9 Å². The highest BCUT2D eigenvalue weighted by molar-refractivity contribution is 8.01. The third-order valence-electron chi connectivity index (χ3n) is 4.58. The minimum atomic E-state index is -0.145. The van der Waals surface area contributed by atoms with E-state index < -0.39 is 0 Å². The van der Waals surface area contributed by atoms with E-state index in [1.54, 1.807) is 28.8 Å². The maximum atomic E-state index is 12.4. The summed E-state index contributed by atoms with van der Waals surface area (Å²) in [6.07, 6.45) is 3.67. The Hall–Kier alpha value is -2.72. The lowest BCUT2D eigenvalue weighted by atomic mass is 10.1. The van der Waals surface area contributed by atoms with E-state index in [-0.39, 0.29) is 23.6 Å². The number of hydrogen-bond donors (Lipinski definition) is 1. The summed E-state index contributed by atoms with van der Waals surface area (Å²) < 4.78 is 2.43. The number of carbonyl (C=O) groups excluding carboxylic acids is 2. The molecule has 1 N–H and O–H groups in total. The number of benzene rings is 1. The molecule has 10 heteroatoms. The number of amides is 2. The zero-order valence-electron chi connectivity index (χ0n) is 16.7. The third kappa shape index (κ3) is 5.06. The molecule has 3 aromatic rings. The Kier molecular flexibility index (Phi) is 6.14. The molecule has 30 heavy (non-hydrogen) atoms. The fourth-order valence-electron chi connectivity index (χ4n) is 3.09. The highest BCUT2D eigenvalue weighted by Gasteiger charge is 2.34. The van der Waals surface area contributed by atoms with Gasteiger partial charge in [0.15, 0.2) is 4.34 Å². The molecule has 8 nitrogen and oxygen atoms in total. The number of nitrogens with zero attached hydrogens (tertiary/aromatic N) is 5. The molecule has 2 aromatic heterocycles. The molecule has 0 atom stereocenters. The standard InChI is InChI=1S/C20H22N6O2S2/c1-13-4-3-5-15(10-13)11-25-17(8-9-21-25)22-18(28)12-29-20-24-23-19(30-20)26(14(2)27)16-6-7-16/h3-5,8-10,16H,6-7,11-12H2,1-2H3,(H,22,28). The smallest absolute Gasteiger partial charge is 0.235 e. The van der Waals surface area contributed by atoms with Gasteiger partial charge < -0.3 is 5.32 Å². The number of carbonyl (C=O) groups is 2. The van der Waals surface area contributed by atoms with Crippen LogP contribution in [0.15, 0.2) is 40.9 Å². The Balaban J connectivity index is 1.33. The van der Waals surface area contributed by atoms with Crippen molar-refractivity contribution in [3.63, 3.8) is 0 Å². The second-order valence-electron chi connectivity index (χ2n) is 7.17. The molecular formula is C20H22N6O2S2. The summed E-state index contributed by atoms with van der Waals surface area (Å²) in [5.74, 6) is 0.683. The summed E-state index contributed by atoms with van der Waals surface area (Å²) >= 11 is 2.65. The van der Waals surface area contributed by atoms with Crippen LogP contribution in [0.2, 0.25) is 0 Å². The highest BCUT2D eigenvalue weighted by Crippen LogP contribution is 2.35. The van der Waals surface area contributed by atoms with Gasteiger partial charge in [0.25, 0.3) is 0 Å². The van der Waals surface area contributed by atoms with Gasteiger partial charge in [-0.25, -0.2) is 4.68 Å². The first-order valence-electron chi connectivity index (χ1n) is 9.63. The summed E-state index contributed by atoms with van der Waals surface area (Å²) in [7, 11) is 0. The average Bonchev–Trinajstić information content (AvgIpc) is 3.25. The molecule has 2 heterocycles. The predicted molar refractivity (Wildman–Crippen MR) is 118 cm³/mol. The van der Waals surface area contributed by atoms with Gasteiger partial charge in [0.2, 0.25) is 16.9 Å². The number of thioether (sulfide) groups is 1. The van der Waals surface area contributed by atoms with Crippen molar-refractivity contribution < 1.29 is 9.59 Å². The van der Waals surface area contributed by atoms with Crippen molar-refractivity contribution in [2.45, 2.75) is 43.6 Å². The van der Waals surface area contributed by atoms with Gasteiger partial charge in [-0.15, -0.1) is 10.2 Å². The SMILES string of the molecule is CC(=O)N(c1nnc(SCC(=O)Nc2ccnn2Cc2cccc(C)c2)s1)C1CC1. The molecule has 0 unspecified atom stereocenters. The normalized spacial score (nSPS) is 13.3. The van der Waals surface area contributed by atoms with E-state index in [1.165, 1.54) is 28.7 Å². The first-order chi connectivity index (χ1) is 14.5. The Labute approximate surface area is 182 Å². The lowest BCUT2D eigenvalue weighted by molar-refractivity contribution is -0.116. The maximum Gasteiger partial charge on any atom is 0.235 e. The molecule has 2 amide bonds. The molecule has 1 aliphatic rings. The van der Waals surface area contributed by atoms with Crippen LogP contribution < -0.4 is 10.2 Å². The minimum Gasteiger partial charge on any atom is -0.310 e. The van der Waals surface area contributed by atoms with Crippen molar-refractivity contribution in [3.05, 3.63) is 47.7 Å². The van der Waals surface area contributed by atoms with Gasteiger partial charge in [0.1, 0.15) is 5.82 Å². The Morgan fingerprint density at radius 1 is 1.30 bits per heavy atom. The molecule has 1 fully saturated rings. The fourth-order valence-corrected chi connectivity index (χ4v) is 4.85.